The van der Waals surface area contributed by atoms with Crippen molar-refractivity contribution in [1.82, 2.24) is 39.9 Å². The molecule has 0 radical (unpaired) electrons. The molecular weight excluding hydrogens is 834 g/mol. The minimum Gasteiger partial charge on any atom is -0.497 e. The summed E-state index contributed by atoms with van der Waals surface area (Å²) in [5, 5.41) is 25.3. The molecule has 8 rings (SSSR count). The number of hydrogen-bond acceptors (Lipinski definition) is 12. The second kappa shape index (κ2) is 18.4. The van der Waals surface area contributed by atoms with Crippen molar-refractivity contribution in [3.8, 4) is 11.4 Å². The number of anilines is 2. The van der Waals surface area contributed by atoms with Gasteiger partial charge in [-0.05, 0) is 55.2 Å². The third-order valence-corrected chi connectivity index (χ3v) is 11.8. The number of ether oxygens (including phenoxy) is 2. The molecule has 4 N–H and O–H groups in total. The highest BCUT2D eigenvalue weighted by Crippen LogP contribution is 2.38. The highest BCUT2D eigenvalue weighted by Gasteiger charge is 2.51. The van der Waals surface area contributed by atoms with Crippen molar-refractivity contribution in [1.29, 1.82) is 0 Å². The Bertz CT molecular complexity index is 2570. The maximum atomic E-state index is 13.7. The van der Waals surface area contributed by atoms with Crippen LogP contribution in [0.5, 0.6) is 5.75 Å². The van der Waals surface area contributed by atoms with E-state index in [-0.39, 0.29) is 42.3 Å². The summed E-state index contributed by atoms with van der Waals surface area (Å²) in [5.74, 6) is -2.08. The van der Waals surface area contributed by atoms with Crippen molar-refractivity contribution < 1.29 is 42.1 Å². The standard InChI is InChI=1S/C45H47F3N10O6/c1-4-36(59)53-34-21-35(38(60)39(34)64-43(62)45(46,47)48)57-25-50-37-40(49-22-33(27-11-7-5-8-12-27)28-13-9-6-10-14-28)54-44(55-41(37)57)56-20-19-29(24-56)52-42(61)32-23-51-58(26(32)2)30-15-17-31(63-3)18-16-30/h5-18,23,25,29,33-35,38-39,60H,4,19-22,24H2,1-3H3,(H,52,61)(H,53,59)(H,49,54,55)/t29-,34+,35-,38+,39-/m1/s1. The average Bonchev–Trinajstić information content (AvgIpc) is 4.10. The molecule has 1 saturated carbocycles. The molecule has 0 unspecified atom stereocenters. The van der Waals surface area contributed by atoms with E-state index in [0.29, 0.717) is 54.4 Å². The van der Waals surface area contributed by atoms with Gasteiger partial charge < -0.3 is 40.0 Å². The van der Waals surface area contributed by atoms with Crippen LogP contribution in [0.4, 0.5) is 24.9 Å². The van der Waals surface area contributed by atoms with Gasteiger partial charge in [0.15, 0.2) is 23.1 Å². The van der Waals surface area contributed by atoms with Crippen molar-refractivity contribution >= 4 is 40.7 Å². The van der Waals surface area contributed by atoms with E-state index in [9.17, 15) is 32.7 Å². The van der Waals surface area contributed by atoms with Gasteiger partial charge in [0.2, 0.25) is 11.9 Å². The number of carbonyl (C=O) groups is 3. The molecule has 16 nitrogen and oxygen atoms in total. The minimum absolute atomic E-state index is 0.00793. The molecule has 3 aromatic carbocycles. The molecule has 6 aromatic rings. The number of hydrogen-bond donors (Lipinski definition) is 4. The zero-order chi connectivity index (χ0) is 45.1. The van der Waals surface area contributed by atoms with Gasteiger partial charge >= 0.3 is 12.1 Å². The lowest BCUT2D eigenvalue weighted by Gasteiger charge is -2.24. The fourth-order valence-electron chi connectivity index (χ4n) is 8.41. The first kappa shape index (κ1) is 43.6. The van der Waals surface area contributed by atoms with E-state index in [2.05, 4.69) is 26.0 Å². The third-order valence-electron chi connectivity index (χ3n) is 11.8. The molecule has 4 heterocycles. The van der Waals surface area contributed by atoms with Crippen LogP contribution in [0.15, 0.2) is 97.5 Å². The number of aliphatic hydroxyl groups is 1. The number of esters is 1. The molecule has 1 aliphatic heterocycles. The normalized spacial score (nSPS) is 19.8. The Kier molecular flexibility index (Phi) is 12.5. The first-order chi connectivity index (χ1) is 30.8. The monoisotopic (exact) mass is 880 g/mol. The quantitative estimate of drug-likeness (QED) is 0.104. The molecule has 3 aromatic heterocycles. The maximum absolute atomic E-state index is 13.7. The number of aromatic nitrogens is 6. The van der Waals surface area contributed by atoms with Crippen LogP contribution in [0.3, 0.4) is 0 Å². The molecule has 2 amide bonds. The Morgan fingerprint density at radius 2 is 1.64 bits per heavy atom. The second-order valence-electron chi connectivity index (χ2n) is 15.8. The van der Waals surface area contributed by atoms with Gasteiger partial charge in [0.25, 0.3) is 5.91 Å². The van der Waals surface area contributed by atoms with Gasteiger partial charge in [0.1, 0.15) is 11.9 Å². The summed E-state index contributed by atoms with van der Waals surface area (Å²) < 4.78 is 53.5. The predicted octanol–water partition coefficient (Wildman–Crippen LogP) is 5.26. The van der Waals surface area contributed by atoms with Crippen LogP contribution < -0.4 is 25.6 Å². The summed E-state index contributed by atoms with van der Waals surface area (Å²) in [6, 6.07) is 24.7. The third kappa shape index (κ3) is 9.06. The molecule has 64 heavy (non-hydrogen) atoms. The summed E-state index contributed by atoms with van der Waals surface area (Å²) in [6.45, 7) is 4.55. The lowest BCUT2D eigenvalue weighted by Crippen LogP contribution is -2.47. The number of imidazole rings is 1. The number of rotatable bonds is 14. The molecule has 0 bridgehead atoms. The number of halogens is 3. The molecule has 2 aliphatic rings. The van der Waals surface area contributed by atoms with Crippen LogP contribution >= 0.6 is 0 Å². The summed E-state index contributed by atoms with van der Waals surface area (Å²) in [6.07, 6.45) is -5.35. The fourth-order valence-corrected chi connectivity index (χ4v) is 8.41. The zero-order valence-electron chi connectivity index (χ0n) is 35.2. The van der Waals surface area contributed by atoms with Crippen molar-refractivity contribution in [3.05, 3.63) is 120 Å². The summed E-state index contributed by atoms with van der Waals surface area (Å²) in [7, 11) is 1.59. The Balaban J connectivity index is 1.10. The second-order valence-corrected chi connectivity index (χ2v) is 15.8. The Hall–Kier alpha value is -7.02. The van der Waals surface area contributed by atoms with E-state index >= 15 is 0 Å². The van der Waals surface area contributed by atoms with Crippen LogP contribution in [0.25, 0.3) is 16.9 Å². The Labute approximate surface area is 365 Å². The molecule has 334 valence electrons. The molecule has 0 spiro atoms. The van der Waals surface area contributed by atoms with E-state index in [1.165, 1.54) is 17.1 Å². The Morgan fingerprint density at radius 1 is 0.953 bits per heavy atom. The molecule has 1 aliphatic carbocycles. The number of amides is 2. The number of fused-ring (bicyclic) bond motifs is 1. The van der Waals surface area contributed by atoms with E-state index in [1.807, 2.05) is 96.8 Å². The van der Waals surface area contributed by atoms with Crippen LogP contribution in [0, 0.1) is 6.92 Å². The van der Waals surface area contributed by atoms with Gasteiger partial charge in [0.05, 0.1) is 48.7 Å². The topological polar surface area (TPSA) is 191 Å². The number of methoxy groups -OCH3 is 1. The lowest BCUT2D eigenvalue weighted by atomic mass is 9.91. The first-order valence-electron chi connectivity index (χ1n) is 20.9. The van der Waals surface area contributed by atoms with E-state index in [4.69, 9.17) is 19.4 Å². The highest BCUT2D eigenvalue weighted by atomic mass is 19.4. The predicted molar refractivity (Wildman–Crippen MR) is 229 cm³/mol. The highest BCUT2D eigenvalue weighted by molar-refractivity contribution is 5.95. The zero-order valence-corrected chi connectivity index (χ0v) is 35.2. The number of carbonyl (C=O) groups excluding carboxylic acids is 3. The number of nitrogens with zero attached hydrogens (tertiary/aromatic N) is 7. The largest absolute Gasteiger partial charge is 0.497 e. The van der Waals surface area contributed by atoms with E-state index in [0.717, 1.165) is 16.8 Å². The smallest absolute Gasteiger partial charge is 0.490 e. The Morgan fingerprint density at radius 3 is 2.28 bits per heavy atom. The average molecular weight is 881 g/mol. The number of benzene rings is 3. The summed E-state index contributed by atoms with van der Waals surface area (Å²) in [4.78, 5) is 54.7. The van der Waals surface area contributed by atoms with E-state index in [1.54, 1.807) is 18.7 Å². The van der Waals surface area contributed by atoms with Crippen LogP contribution in [-0.2, 0) is 14.3 Å². The molecular formula is C45H47F3N10O6. The number of alkyl halides is 3. The van der Waals surface area contributed by atoms with Crippen molar-refractivity contribution in [2.75, 3.05) is 37.0 Å². The first-order valence-corrected chi connectivity index (χ1v) is 20.9. The maximum Gasteiger partial charge on any atom is 0.490 e. The van der Waals surface area contributed by atoms with Crippen molar-refractivity contribution in [2.45, 2.75) is 75.5 Å². The number of aliphatic hydroxyl groups excluding tert-OH is 1. The van der Waals surface area contributed by atoms with Gasteiger partial charge in [-0.1, -0.05) is 67.6 Å². The van der Waals surface area contributed by atoms with Gasteiger partial charge in [-0.15, -0.1) is 0 Å². The molecule has 5 atom stereocenters. The fraction of sp³-hybridized carbons (Fsp3) is 0.356. The number of nitrogens with one attached hydrogen (secondary N) is 3. The van der Waals surface area contributed by atoms with Gasteiger partial charge in [0, 0.05) is 38.0 Å². The molecule has 1 saturated heterocycles. The van der Waals surface area contributed by atoms with Crippen molar-refractivity contribution in [2.24, 2.45) is 0 Å². The molecule has 19 heteroatoms. The van der Waals surface area contributed by atoms with Gasteiger partial charge in [-0.25, -0.2) is 14.5 Å². The molecule has 2 fully saturated rings. The lowest BCUT2D eigenvalue weighted by molar-refractivity contribution is -0.209. The minimum atomic E-state index is -5.33. The SMILES string of the molecule is CCC(=O)N[C@H]1C[C@@H](n2cnc3c(NCC(c4ccccc4)c4ccccc4)nc(N4CC[C@@H](NC(=O)c5cnn(-c6ccc(OC)cc6)c5C)C4)nc32)[C@H](O)[C@@H]1OC(=O)C(F)(F)F. The van der Waals surface area contributed by atoms with Crippen LogP contribution in [0.1, 0.15) is 65.3 Å². The summed E-state index contributed by atoms with van der Waals surface area (Å²) in [5.41, 5.74) is 4.49. The van der Waals surface area contributed by atoms with E-state index < -0.39 is 42.3 Å². The van der Waals surface area contributed by atoms with Crippen molar-refractivity contribution in [3.63, 3.8) is 0 Å². The van der Waals surface area contributed by atoms with Gasteiger partial charge in [-0.2, -0.15) is 28.2 Å². The van der Waals surface area contributed by atoms with Crippen LogP contribution in [-0.4, -0.2) is 109 Å². The van der Waals surface area contributed by atoms with Gasteiger partial charge in [-0.3, -0.25) is 9.59 Å². The van der Waals surface area contributed by atoms with Crippen LogP contribution in [0.2, 0.25) is 0 Å². The summed E-state index contributed by atoms with van der Waals surface area (Å²) >= 11 is 0.